The second-order valence-electron chi connectivity index (χ2n) is 10.3. The molecule has 2 aromatic heterocycles. The number of nitro groups is 1. The molecule has 0 unspecified atom stereocenters. The van der Waals surface area contributed by atoms with Gasteiger partial charge in [0.15, 0.2) is 11.5 Å². The van der Waals surface area contributed by atoms with E-state index in [0.717, 1.165) is 5.39 Å². The van der Waals surface area contributed by atoms with Crippen LogP contribution in [0.15, 0.2) is 64.4 Å². The lowest BCUT2D eigenvalue weighted by Crippen LogP contribution is -2.46. The third-order valence-corrected chi connectivity index (χ3v) is 8.70. The number of non-ortho nitro benzene ring substituents is 1. The molecule has 0 bridgehead atoms. The Kier molecular flexibility index (Phi) is 7.87. The summed E-state index contributed by atoms with van der Waals surface area (Å²) < 4.78 is 13.5. The Morgan fingerprint density at radius 3 is 2.30 bits per heavy atom. The quantitative estimate of drug-likeness (QED) is 0.174. The van der Waals surface area contributed by atoms with E-state index < -0.39 is 22.2 Å². The summed E-state index contributed by atoms with van der Waals surface area (Å²) in [5.41, 5.74) is 0.0587. The lowest BCUT2D eigenvalue weighted by atomic mass is 10.0. The molecular weight excluding hydrogens is 611 g/mol. The van der Waals surface area contributed by atoms with Crippen molar-refractivity contribution in [3.05, 3.63) is 101 Å². The van der Waals surface area contributed by atoms with Gasteiger partial charge in [-0.25, -0.2) is 14.8 Å². The first-order valence-corrected chi connectivity index (χ1v) is 14.5. The molecule has 0 spiro atoms. The summed E-state index contributed by atoms with van der Waals surface area (Å²) in [5, 5.41) is 13.1. The van der Waals surface area contributed by atoms with Gasteiger partial charge in [0.05, 0.1) is 42.1 Å². The van der Waals surface area contributed by atoms with Gasteiger partial charge in [-0.1, -0.05) is 29.3 Å². The Bertz CT molecular complexity index is 2030. The zero-order chi connectivity index (χ0) is 31.1. The number of hydrogen-bond acceptors (Lipinski definition) is 9. The van der Waals surface area contributed by atoms with Crippen molar-refractivity contribution >= 4 is 56.5 Å². The van der Waals surface area contributed by atoms with Gasteiger partial charge in [0.2, 0.25) is 0 Å². The molecule has 0 saturated carbocycles. The maximum absolute atomic E-state index is 14.1. The summed E-state index contributed by atoms with van der Waals surface area (Å²) in [4.78, 5) is 49.9. The van der Waals surface area contributed by atoms with Crippen molar-refractivity contribution in [2.24, 2.45) is 0 Å². The van der Waals surface area contributed by atoms with Crippen molar-refractivity contribution in [3.8, 4) is 11.5 Å². The van der Waals surface area contributed by atoms with Crippen molar-refractivity contribution in [2.75, 3.05) is 32.2 Å². The average Bonchev–Trinajstić information content (AvgIpc) is 3.03. The fraction of sp³-hybridized carbons (Fsp3) is 0.267. The number of piperidine rings is 1. The van der Waals surface area contributed by atoms with Crippen LogP contribution in [0.5, 0.6) is 11.5 Å². The van der Waals surface area contributed by atoms with Crippen molar-refractivity contribution in [1.82, 2.24) is 19.1 Å². The fourth-order valence-electron chi connectivity index (χ4n) is 5.77. The number of fused-ring (bicyclic) bond motifs is 2. The van der Waals surface area contributed by atoms with E-state index >= 15 is 0 Å². The highest BCUT2D eigenvalue weighted by molar-refractivity contribution is 6.36. The van der Waals surface area contributed by atoms with Gasteiger partial charge < -0.3 is 14.4 Å². The van der Waals surface area contributed by atoms with E-state index in [1.54, 1.807) is 38.5 Å². The minimum atomic E-state index is -0.585. The third-order valence-electron chi connectivity index (χ3n) is 7.99. The number of hydrogen-bond donors (Lipinski definition) is 0. The average molecular weight is 637 g/mol. The summed E-state index contributed by atoms with van der Waals surface area (Å²) in [6.07, 6.45) is 2.37. The molecule has 44 heavy (non-hydrogen) atoms. The molecule has 226 valence electrons. The third kappa shape index (κ3) is 5.09. The molecule has 0 radical (unpaired) electrons. The topological polar surface area (TPSA) is 135 Å². The molecule has 14 heteroatoms. The van der Waals surface area contributed by atoms with Gasteiger partial charge in [0.25, 0.3) is 11.2 Å². The van der Waals surface area contributed by atoms with Gasteiger partial charge >= 0.3 is 5.69 Å². The van der Waals surface area contributed by atoms with Crippen LogP contribution in [0.3, 0.4) is 0 Å². The maximum atomic E-state index is 14.1. The Morgan fingerprint density at radius 2 is 1.64 bits per heavy atom. The number of benzene rings is 3. The molecule has 12 nitrogen and oxygen atoms in total. The summed E-state index contributed by atoms with van der Waals surface area (Å²) in [6, 6.07) is 12.1. The molecule has 3 aromatic carbocycles. The van der Waals surface area contributed by atoms with E-state index in [2.05, 4.69) is 14.9 Å². The number of ether oxygens (including phenoxy) is 2. The lowest BCUT2D eigenvalue weighted by molar-refractivity contribution is -0.384. The van der Waals surface area contributed by atoms with Crippen molar-refractivity contribution in [3.63, 3.8) is 0 Å². The Morgan fingerprint density at radius 1 is 0.955 bits per heavy atom. The number of nitrogens with zero attached hydrogens (tertiary/aromatic N) is 6. The van der Waals surface area contributed by atoms with Crippen LogP contribution >= 0.6 is 23.2 Å². The molecule has 0 N–H and O–H groups in total. The van der Waals surface area contributed by atoms with Crippen LogP contribution < -0.4 is 25.6 Å². The van der Waals surface area contributed by atoms with Crippen LogP contribution in [-0.4, -0.2) is 51.3 Å². The Balaban J connectivity index is 1.40. The normalized spacial score (nSPS) is 13.9. The number of nitro benzene ring substituents is 1. The maximum Gasteiger partial charge on any atom is 0.332 e. The minimum Gasteiger partial charge on any atom is -0.493 e. The van der Waals surface area contributed by atoms with Crippen LogP contribution in [0.25, 0.3) is 21.8 Å². The predicted molar refractivity (Wildman–Crippen MR) is 168 cm³/mol. The van der Waals surface area contributed by atoms with E-state index in [4.69, 9.17) is 32.7 Å². The van der Waals surface area contributed by atoms with Crippen molar-refractivity contribution in [2.45, 2.75) is 25.4 Å². The number of methoxy groups -OCH3 is 2. The monoisotopic (exact) mass is 636 g/mol. The standard InChI is InChI=1S/C30H26Cl2N6O6/c1-43-26-13-19-24(14-27(26)44-2)33-16-34-28(19)35-10-8-17(9-11-35)37-29(39)20-12-18(38(41)42)6-7-25(20)36(30(37)40)15-21-22(31)4-3-5-23(21)32/h3-7,12-14,16-17H,8-11,15H2,1-2H3. The van der Waals surface area contributed by atoms with Gasteiger partial charge in [0.1, 0.15) is 12.1 Å². The molecule has 1 aliphatic rings. The molecule has 1 aliphatic heterocycles. The van der Waals surface area contributed by atoms with Gasteiger partial charge in [-0.2, -0.15) is 0 Å². The largest absolute Gasteiger partial charge is 0.493 e. The molecular formula is C30H26Cl2N6O6. The SMILES string of the molecule is COc1cc2ncnc(N3CCC(n4c(=O)c5cc([N+](=O)[O-])ccc5n(Cc5c(Cl)cccc5Cl)c4=O)CC3)c2cc1OC. The van der Waals surface area contributed by atoms with Crippen molar-refractivity contribution in [1.29, 1.82) is 0 Å². The molecule has 0 aliphatic carbocycles. The summed E-state index contributed by atoms with van der Waals surface area (Å²) in [5.74, 6) is 1.79. The van der Waals surface area contributed by atoms with Crippen LogP contribution in [-0.2, 0) is 6.54 Å². The number of anilines is 1. The first kappa shape index (κ1) is 29.4. The van der Waals surface area contributed by atoms with Crippen LogP contribution in [0.4, 0.5) is 11.5 Å². The molecule has 1 saturated heterocycles. The highest BCUT2D eigenvalue weighted by Crippen LogP contribution is 2.36. The highest BCUT2D eigenvalue weighted by Gasteiger charge is 2.28. The first-order chi connectivity index (χ1) is 21.2. The number of halogens is 2. The van der Waals surface area contributed by atoms with E-state index in [1.165, 1.54) is 33.7 Å². The Hall–Kier alpha value is -4.68. The first-order valence-electron chi connectivity index (χ1n) is 13.7. The van der Waals surface area contributed by atoms with E-state index in [9.17, 15) is 19.7 Å². The van der Waals surface area contributed by atoms with Crippen molar-refractivity contribution < 1.29 is 14.4 Å². The van der Waals surface area contributed by atoms with Crippen LogP contribution in [0, 0.1) is 10.1 Å². The van der Waals surface area contributed by atoms with E-state index in [1.807, 2.05) is 6.07 Å². The Labute approximate surface area is 260 Å². The second kappa shape index (κ2) is 11.8. The zero-order valence-electron chi connectivity index (χ0n) is 23.7. The number of aromatic nitrogens is 4. The minimum absolute atomic E-state index is 0.0248. The van der Waals surface area contributed by atoms with Crippen LogP contribution in [0.1, 0.15) is 24.4 Å². The summed E-state index contributed by atoms with van der Waals surface area (Å²) in [7, 11) is 3.11. The molecule has 0 atom stereocenters. The van der Waals surface area contributed by atoms with E-state index in [-0.39, 0.29) is 23.1 Å². The highest BCUT2D eigenvalue weighted by atomic mass is 35.5. The van der Waals surface area contributed by atoms with Gasteiger partial charge in [-0.15, -0.1) is 0 Å². The lowest BCUT2D eigenvalue weighted by Gasteiger charge is -2.34. The van der Waals surface area contributed by atoms with Gasteiger partial charge in [0, 0.05) is 58.3 Å². The molecule has 6 rings (SSSR count). The van der Waals surface area contributed by atoms with E-state index in [0.29, 0.717) is 64.4 Å². The van der Waals surface area contributed by atoms with Gasteiger partial charge in [-0.3, -0.25) is 24.0 Å². The zero-order valence-corrected chi connectivity index (χ0v) is 25.2. The predicted octanol–water partition coefficient (Wildman–Crippen LogP) is 5.23. The van der Waals surface area contributed by atoms with Crippen LogP contribution in [0.2, 0.25) is 10.0 Å². The number of rotatable bonds is 7. The summed E-state index contributed by atoms with van der Waals surface area (Å²) in [6.45, 7) is 0.948. The van der Waals surface area contributed by atoms with Gasteiger partial charge in [-0.05, 0) is 37.1 Å². The molecule has 3 heterocycles. The molecule has 1 fully saturated rings. The fourth-order valence-corrected chi connectivity index (χ4v) is 6.28. The summed E-state index contributed by atoms with van der Waals surface area (Å²) >= 11 is 12.9. The molecule has 0 amide bonds. The smallest absolute Gasteiger partial charge is 0.332 e. The molecule has 5 aromatic rings. The second-order valence-corrected chi connectivity index (χ2v) is 11.2.